The molecule has 1 aliphatic rings. The second-order valence-corrected chi connectivity index (χ2v) is 7.14. The third-order valence-electron chi connectivity index (χ3n) is 5.25. The van der Waals surface area contributed by atoms with E-state index < -0.39 is 0 Å². The average Bonchev–Trinajstić information content (AvgIpc) is 2.61. The summed E-state index contributed by atoms with van der Waals surface area (Å²) in [6.07, 6.45) is 13.0. The largest absolute Gasteiger partial charge is 0.286 e. The van der Waals surface area contributed by atoms with Crippen LogP contribution in [0.1, 0.15) is 89.0 Å². The molecule has 3 heteroatoms. The summed E-state index contributed by atoms with van der Waals surface area (Å²) in [6.45, 7) is 2.24. The van der Waals surface area contributed by atoms with Gasteiger partial charge in [0, 0.05) is 0 Å². The number of carbonyl (C=O) groups excluding carboxylic acids is 1. The summed E-state index contributed by atoms with van der Waals surface area (Å²) in [5.41, 5.74) is 1.02. The number of carbonyl (C=O) groups is 1. The SMILES string of the molecule is CCCCCCCCCC[C@@H]1CC[C@H](c2ccccc2)C(=O)N1O. The Morgan fingerprint density at radius 2 is 1.58 bits per heavy atom. The molecule has 0 unspecified atom stereocenters. The lowest BCUT2D eigenvalue weighted by Crippen LogP contribution is -2.44. The fraction of sp³-hybridized carbons (Fsp3) is 0.667. The lowest BCUT2D eigenvalue weighted by Gasteiger charge is -2.35. The minimum Gasteiger partial charge on any atom is -0.286 e. The number of amides is 1. The normalized spacial score (nSPS) is 21.2. The molecular weight excluding hydrogens is 298 g/mol. The monoisotopic (exact) mass is 331 g/mol. The number of unbranched alkanes of at least 4 members (excludes halogenated alkanes) is 7. The number of nitrogens with zero attached hydrogens (tertiary/aromatic N) is 1. The Hall–Kier alpha value is -1.35. The first-order valence-corrected chi connectivity index (χ1v) is 9.81. The highest BCUT2D eigenvalue weighted by atomic mass is 16.5. The summed E-state index contributed by atoms with van der Waals surface area (Å²) >= 11 is 0. The minimum absolute atomic E-state index is 0.0116. The van der Waals surface area contributed by atoms with Crippen LogP contribution in [0.5, 0.6) is 0 Å². The molecule has 1 aromatic rings. The van der Waals surface area contributed by atoms with Gasteiger partial charge in [-0.25, -0.2) is 5.06 Å². The molecule has 24 heavy (non-hydrogen) atoms. The van der Waals surface area contributed by atoms with Crippen LogP contribution < -0.4 is 0 Å². The van der Waals surface area contributed by atoms with Crippen molar-refractivity contribution in [1.29, 1.82) is 0 Å². The Kier molecular flexibility index (Phi) is 8.31. The number of rotatable bonds is 10. The fourth-order valence-corrected chi connectivity index (χ4v) is 3.72. The van der Waals surface area contributed by atoms with Crippen LogP contribution in [0.2, 0.25) is 0 Å². The summed E-state index contributed by atoms with van der Waals surface area (Å²) in [6, 6.07) is 9.84. The van der Waals surface area contributed by atoms with Crippen LogP contribution in [-0.2, 0) is 4.79 Å². The van der Waals surface area contributed by atoms with Gasteiger partial charge in [0.15, 0.2) is 0 Å². The first kappa shape index (κ1) is 19.0. The van der Waals surface area contributed by atoms with Gasteiger partial charge in [0.25, 0.3) is 5.91 Å². The molecule has 1 amide bonds. The molecule has 0 spiro atoms. The molecule has 1 fully saturated rings. The van der Waals surface area contributed by atoms with Crippen molar-refractivity contribution in [2.24, 2.45) is 0 Å². The van der Waals surface area contributed by atoms with Gasteiger partial charge in [-0.2, -0.15) is 0 Å². The topological polar surface area (TPSA) is 40.5 Å². The summed E-state index contributed by atoms with van der Waals surface area (Å²) in [5.74, 6) is -0.303. The molecule has 134 valence electrons. The lowest BCUT2D eigenvalue weighted by atomic mass is 9.86. The highest BCUT2D eigenvalue weighted by molar-refractivity contribution is 5.83. The molecule has 0 aliphatic carbocycles. The molecule has 1 saturated heterocycles. The van der Waals surface area contributed by atoms with Crippen molar-refractivity contribution in [3.63, 3.8) is 0 Å². The van der Waals surface area contributed by atoms with E-state index in [1.54, 1.807) is 0 Å². The van der Waals surface area contributed by atoms with E-state index in [4.69, 9.17) is 0 Å². The molecule has 2 atom stereocenters. The van der Waals surface area contributed by atoms with E-state index in [-0.39, 0.29) is 17.9 Å². The van der Waals surface area contributed by atoms with Gasteiger partial charge in [-0.05, 0) is 24.8 Å². The number of hydrogen-bond donors (Lipinski definition) is 1. The van der Waals surface area contributed by atoms with E-state index in [0.717, 1.165) is 36.3 Å². The van der Waals surface area contributed by atoms with E-state index >= 15 is 0 Å². The molecule has 1 N–H and O–H groups in total. The molecule has 0 bridgehead atoms. The number of piperidine rings is 1. The zero-order valence-electron chi connectivity index (χ0n) is 15.1. The van der Waals surface area contributed by atoms with E-state index in [1.165, 1.54) is 44.9 Å². The summed E-state index contributed by atoms with van der Waals surface area (Å²) in [7, 11) is 0. The molecular formula is C21H33NO2. The Labute approximate surface area is 147 Å². The second-order valence-electron chi connectivity index (χ2n) is 7.14. The maximum absolute atomic E-state index is 12.4. The van der Waals surface area contributed by atoms with Crippen molar-refractivity contribution in [3.05, 3.63) is 35.9 Å². The van der Waals surface area contributed by atoms with Crippen LogP contribution in [0.4, 0.5) is 0 Å². The molecule has 2 rings (SSSR count). The van der Waals surface area contributed by atoms with Crippen molar-refractivity contribution >= 4 is 5.91 Å². The Morgan fingerprint density at radius 1 is 0.958 bits per heavy atom. The van der Waals surface area contributed by atoms with Gasteiger partial charge >= 0.3 is 0 Å². The number of benzene rings is 1. The predicted octanol–water partition coefficient (Wildman–Crippen LogP) is 5.68. The van der Waals surface area contributed by atoms with Crippen LogP contribution in [0, 0.1) is 0 Å². The van der Waals surface area contributed by atoms with Crippen LogP contribution in [-0.4, -0.2) is 22.2 Å². The molecule has 0 aromatic heterocycles. The Morgan fingerprint density at radius 3 is 2.25 bits per heavy atom. The maximum atomic E-state index is 12.4. The van der Waals surface area contributed by atoms with Gasteiger partial charge in [0.2, 0.25) is 0 Å². The number of hydrogen-bond acceptors (Lipinski definition) is 2. The summed E-state index contributed by atoms with van der Waals surface area (Å²) in [5, 5.41) is 11.3. The quantitative estimate of drug-likeness (QED) is 0.442. The van der Waals surface area contributed by atoms with Crippen LogP contribution in [0.15, 0.2) is 30.3 Å². The van der Waals surface area contributed by atoms with E-state index in [9.17, 15) is 10.0 Å². The van der Waals surface area contributed by atoms with Crippen molar-refractivity contribution in [3.8, 4) is 0 Å². The van der Waals surface area contributed by atoms with Crippen molar-refractivity contribution in [1.82, 2.24) is 5.06 Å². The first-order chi connectivity index (χ1) is 11.7. The average molecular weight is 332 g/mol. The molecule has 1 aliphatic heterocycles. The summed E-state index contributed by atoms with van der Waals surface area (Å²) < 4.78 is 0. The van der Waals surface area contributed by atoms with Crippen LogP contribution in [0.25, 0.3) is 0 Å². The lowest BCUT2D eigenvalue weighted by molar-refractivity contribution is -0.185. The van der Waals surface area contributed by atoms with Gasteiger partial charge < -0.3 is 0 Å². The van der Waals surface area contributed by atoms with E-state index in [1.807, 2.05) is 30.3 Å². The smallest absolute Gasteiger partial charge is 0.253 e. The Bertz CT molecular complexity index is 474. The predicted molar refractivity (Wildman–Crippen MR) is 98.1 cm³/mol. The Balaban J connectivity index is 1.66. The zero-order valence-corrected chi connectivity index (χ0v) is 15.1. The second kappa shape index (κ2) is 10.5. The minimum atomic E-state index is -0.175. The van der Waals surface area contributed by atoms with Gasteiger partial charge in [-0.1, -0.05) is 88.6 Å². The molecule has 0 saturated carbocycles. The van der Waals surface area contributed by atoms with Crippen LogP contribution >= 0.6 is 0 Å². The van der Waals surface area contributed by atoms with Gasteiger partial charge in [-0.15, -0.1) is 0 Å². The van der Waals surface area contributed by atoms with Crippen molar-refractivity contribution in [2.45, 2.75) is 89.5 Å². The molecule has 1 heterocycles. The molecule has 3 nitrogen and oxygen atoms in total. The van der Waals surface area contributed by atoms with Gasteiger partial charge in [0.1, 0.15) is 0 Å². The first-order valence-electron chi connectivity index (χ1n) is 9.81. The van der Waals surface area contributed by atoms with Gasteiger partial charge in [0.05, 0.1) is 12.0 Å². The van der Waals surface area contributed by atoms with Crippen molar-refractivity contribution < 1.29 is 10.0 Å². The highest BCUT2D eigenvalue weighted by Crippen LogP contribution is 2.32. The fourth-order valence-electron chi connectivity index (χ4n) is 3.72. The van der Waals surface area contributed by atoms with Crippen molar-refractivity contribution in [2.75, 3.05) is 0 Å². The van der Waals surface area contributed by atoms with E-state index in [0.29, 0.717) is 0 Å². The highest BCUT2D eigenvalue weighted by Gasteiger charge is 2.35. The van der Waals surface area contributed by atoms with Gasteiger partial charge in [-0.3, -0.25) is 10.0 Å². The maximum Gasteiger partial charge on any atom is 0.253 e. The molecule has 1 aromatic carbocycles. The zero-order chi connectivity index (χ0) is 17.2. The standard InChI is InChI=1S/C21H33NO2/c1-2-3-4-5-6-7-8-12-15-19-16-17-20(21(23)22(19)24)18-13-10-9-11-14-18/h9-11,13-14,19-20,24H,2-8,12,15-17H2,1H3/t19-,20-/m1/s1. The number of hydroxylamine groups is 2. The third kappa shape index (κ3) is 5.62. The molecule has 0 radical (unpaired) electrons. The third-order valence-corrected chi connectivity index (χ3v) is 5.25. The van der Waals surface area contributed by atoms with Crippen LogP contribution in [0.3, 0.4) is 0 Å². The summed E-state index contributed by atoms with van der Waals surface area (Å²) in [4.78, 5) is 12.4. The van der Waals surface area contributed by atoms with E-state index in [2.05, 4.69) is 6.92 Å².